The Morgan fingerprint density at radius 3 is 2.38 bits per heavy atom. The zero-order chi connectivity index (χ0) is 33.8. The van der Waals surface area contributed by atoms with E-state index in [4.69, 9.17) is 14.6 Å². The van der Waals surface area contributed by atoms with Crippen molar-refractivity contribution in [3.63, 3.8) is 0 Å². The second-order valence-corrected chi connectivity index (χ2v) is 12.5. The monoisotopic (exact) mass is 661 g/mol. The van der Waals surface area contributed by atoms with Crippen LogP contribution in [0.15, 0.2) is 101 Å². The number of nitrogens with zero attached hydrogens (tertiary/aromatic N) is 2. The number of rotatable bonds is 13. The molecule has 0 saturated heterocycles. The van der Waals surface area contributed by atoms with Crippen molar-refractivity contribution >= 4 is 27.2 Å². The van der Waals surface area contributed by atoms with Crippen LogP contribution in [0.1, 0.15) is 22.8 Å². The number of benzene rings is 4. The Kier molecular flexibility index (Phi) is 12.6. The van der Waals surface area contributed by atoms with Crippen LogP contribution in [0.2, 0.25) is 0 Å². The molecule has 0 bridgehead atoms. The molecule has 0 amide bonds. The summed E-state index contributed by atoms with van der Waals surface area (Å²) < 4.78 is 34.0. The number of para-hydroxylation sites is 2. The molecular formula is C35H43N5O6S. The molecule has 11 nitrogen and oxygen atoms in total. The third-order valence-corrected chi connectivity index (χ3v) is 8.44. The summed E-state index contributed by atoms with van der Waals surface area (Å²) >= 11 is 0. The van der Waals surface area contributed by atoms with E-state index in [0.29, 0.717) is 42.3 Å². The van der Waals surface area contributed by atoms with Crippen molar-refractivity contribution in [3.8, 4) is 17.2 Å². The molecule has 1 atom stereocenters. The van der Waals surface area contributed by atoms with Gasteiger partial charge in [0.25, 0.3) is 0 Å². The number of phenolic OH excluding ortho intramolecular Hbond substituents is 1. The summed E-state index contributed by atoms with van der Waals surface area (Å²) in [5.74, 6) is 2.56. The summed E-state index contributed by atoms with van der Waals surface area (Å²) in [6.07, 6.45) is -0.859. The first kappa shape index (κ1) is 35.2. The lowest BCUT2D eigenvalue weighted by atomic mass is 10.1. The average Bonchev–Trinajstić information content (AvgIpc) is 3.57. The minimum absolute atomic E-state index is 0.0218. The lowest BCUT2D eigenvalue weighted by Gasteiger charge is -2.25. The lowest BCUT2D eigenvalue weighted by molar-refractivity contribution is 0.171. The van der Waals surface area contributed by atoms with E-state index in [1.165, 1.54) is 11.6 Å². The van der Waals surface area contributed by atoms with Crippen LogP contribution in [0.4, 0.5) is 11.4 Å². The Morgan fingerprint density at radius 1 is 0.979 bits per heavy atom. The van der Waals surface area contributed by atoms with Gasteiger partial charge in [0.2, 0.25) is 10.0 Å². The van der Waals surface area contributed by atoms with Crippen molar-refractivity contribution in [2.75, 3.05) is 51.3 Å². The van der Waals surface area contributed by atoms with Crippen molar-refractivity contribution in [3.05, 3.63) is 108 Å². The standard InChI is InChI=1S/C18H24N2O5S.C17H19N3O/c1-13-7-8-14(11-18(13)26(19,22)23)15(21)12-20-9-10-25-17-6-4-3-5-16(17)24-2;1-13-5-7-14(8-6-13)20(12-17-18-9-10-19-17)15-3-2-4-16(21)11-15/h3-8,11,15,20-21H,9-10,12H2,1-2H3,(H2,19,22,23);2-8,11,21H,9-10,12H2,1H3,(H,18,19). The quantitative estimate of drug-likeness (QED) is 0.133. The number of aromatic hydroxyl groups is 1. The molecule has 6 N–H and O–H groups in total. The highest BCUT2D eigenvalue weighted by atomic mass is 32.2. The number of aryl methyl sites for hydroxylation is 2. The first-order valence-corrected chi connectivity index (χ1v) is 16.8. The number of phenols is 1. The summed E-state index contributed by atoms with van der Waals surface area (Å²) in [5.41, 5.74) is 4.29. The SMILES string of the molecule is COc1ccccc1OCCNCC(O)c1ccc(C)c(S(N)(=O)=O)c1.Cc1ccc(N(CC2=NCCN2)c2cccc(O)c2)cc1. The van der Waals surface area contributed by atoms with E-state index in [1.54, 1.807) is 38.3 Å². The fourth-order valence-electron chi connectivity index (χ4n) is 4.88. The average molecular weight is 662 g/mol. The van der Waals surface area contributed by atoms with Gasteiger partial charge in [-0.3, -0.25) is 4.99 Å². The topological polar surface area (TPSA) is 159 Å². The van der Waals surface area contributed by atoms with E-state index >= 15 is 0 Å². The number of amidine groups is 1. The van der Waals surface area contributed by atoms with Gasteiger partial charge in [-0.25, -0.2) is 13.6 Å². The third kappa shape index (κ3) is 10.4. The summed E-state index contributed by atoms with van der Waals surface area (Å²) in [6, 6.07) is 27.7. The molecule has 0 spiro atoms. The fourth-order valence-corrected chi connectivity index (χ4v) is 5.70. The lowest BCUT2D eigenvalue weighted by Crippen LogP contribution is -2.32. The second-order valence-electron chi connectivity index (χ2n) is 11.0. The number of methoxy groups -OCH3 is 1. The number of anilines is 2. The van der Waals surface area contributed by atoms with Crippen molar-refractivity contribution < 1.29 is 28.1 Å². The van der Waals surface area contributed by atoms with Crippen LogP contribution >= 0.6 is 0 Å². The molecule has 250 valence electrons. The number of aliphatic hydroxyl groups is 1. The van der Waals surface area contributed by atoms with Gasteiger partial charge in [0.05, 0.1) is 31.2 Å². The molecule has 5 rings (SSSR count). The second kappa shape index (κ2) is 16.8. The van der Waals surface area contributed by atoms with Gasteiger partial charge in [0, 0.05) is 37.1 Å². The van der Waals surface area contributed by atoms with Crippen LogP contribution in [0.5, 0.6) is 17.2 Å². The maximum atomic E-state index is 11.6. The molecule has 0 radical (unpaired) electrons. The van der Waals surface area contributed by atoms with Crippen molar-refractivity contribution in [2.24, 2.45) is 10.1 Å². The van der Waals surface area contributed by atoms with E-state index in [0.717, 1.165) is 30.3 Å². The zero-order valence-electron chi connectivity index (χ0n) is 26.9. The summed E-state index contributed by atoms with van der Waals surface area (Å²) in [4.78, 5) is 6.64. The molecule has 0 aliphatic carbocycles. The maximum Gasteiger partial charge on any atom is 0.238 e. The highest BCUT2D eigenvalue weighted by Crippen LogP contribution is 2.28. The van der Waals surface area contributed by atoms with Crippen LogP contribution in [-0.4, -0.2) is 70.9 Å². The number of nitrogens with two attached hydrogens (primary N) is 1. The Labute approximate surface area is 276 Å². The van der Waals surface area contributed by atoms with E-state index in [1.807, 2.05) is 36.4 Å². The third-order valence-electron chi connectivity index (χ3n) is 7.39. The van der Waals surface area contributed by atoms with E-state index in [2.05, 4.69) is 51.7 Å². The molecule has 47 heavy (non-hydrogen) atoms. The molecule has 1 heterocycles. The van der Waals surface area contributed by atoms with Gasteiger partial charge in [0.15, 0.2) is 11.5 Å². The van der Waals surface area contributed by atoms with Crippen LogP contribution < -0.4 is 30.1 Å². The molecule has 12 heteroatoms. The van der Waals surface area contributed by atoms with Gasteiger partial charge in [-0.2, -0.15) is 0 Å². The minimum Gasteiger partial charge on any atom is -0.508 e. The Balaban J connectivity index is 0.000000217. The molecular weight excluding hydrogens is 618 g/mol. The van der Waals surface area contributed by atoms with Crippen molar-refractivity contribution in [2.45, 2.75) is 24.8 Å². The number of nitrogens with one attached hydrogen (secondary N) is 2. The van der Waals surface area contributed by atoms with Gasteiger partial charge >= 0.3 is 0 Å². The fraction of sp³-hybridized carbons (Fsp3) is 0.286. The first-order valence-electron chi connectivity index (χ1n) is 15.2. The van der Waals surface area contributed by atoms with Crippen molar-refractivity contribution in [1.82, 2.24) is 10.6 Å². The summed E-state index contributed by atoms with van der Waals surface area (Å²) in [7, 11) is -2.24. The Bertz CT molecular complexity index is 1750. The molecule has 1 aliphatic heterocycles. The van der Waals surface area contributed by atoms with Crippen LogP contribution in [0.3, 0.4) is 0 Å². The number of aliphatic imine (C=N–C) groups is 1. The van der Waals surface area contributed by atoms with Gasteiger partial charge in [-0.05, 0) is 67.4 Å². The Morgan fingerprint density at radius 2 is 1.72 bits per heavy atom. The molecule has 0 fully saturated rings. The number of sulfonamides is 1. The largest absolute Gasteiger partial charge is 0.508 e. The minimum atomic E-state index is -3.82. The summed E-state index contributed by atoms with van der Waals surface area (Å²) in [6.45, 7) is 7.28. The smallest absolute Gasteiger partial charge is 0.238 e. The number of hydrogen-bond donors (Lipinski definition) is 5. The van der Waals surface area contributed by atoms with Gasteiger partial charge in [-0.15, -0.1) is 0 Å². The molecule has 4 aromatic rings. The predicted octanol–water partition coefficient (Wildman–Crippen LogP) is 4.19. The Hall–Kier alpha value is -4.62. The zero-order valence-corrected chi connectivity index (χ0v) is 27.7. The van der Waals surface area contributed by atoms with E-state index in [-0.39, 0.29) is 17.2 Å². The molecule has 0 aromatic heterocycles. The van der Waals surface area contributed by atoms with Gasteiger partial charge in [0.1, 0.15) is 18.2 Å². The number of hydrogen-bond acceptors (Lipinski definition) is 10. The number of ether oxygens (including phenoxy) is 2. The molecule has 0 saturated carbocycles. The van der Waals surface area contributed by atoms with Crippen LogP contribution in [0.25, 0.3) is 0 Å². The van der Waals surface area contributed by atoms with Gasteiger partial charge in [-0.1, -0.05) is 48.0 Å². The molecule has 4 aromatic carbocycles. The van der Waals surface area contributed by atoms with Crippen LogP contribution in [-0.2, 0) is 10.0 Å². The highest BCUT2D eigenvalue weighted by molar-refractivity contribution is 7.89. The first-order chi connectivity index (χ1) is 22.5. The van der Waals surface area contributed by atoms with Crippen LogP contribution in [0, 0.1) is 13.8 Å². The molecule has 1 aliphatic rings. The summed E-state index contributed by atoms with van der Waals surface area (Å²) in [5, 5.41) is 31.5. The maximum absolute atomic E-state index is 11.6. The molecule has 1 unspecified atom stereocenters. The van der Waals surface area contributed by atoms with E-state index in [9.17, 15) is 18.6 Å². The van der Waals surface area contributed by atoms with E-state index < -0.39 is 16.1 Å². The predicted molar refractivity (Wildman–Crippen MR) is 185 cm³/mol. The highest BCUT2D eigenvalue weighted by Gasteiger charge is 2.16. The van der Waals surface area contributed by atoms with Crippen molar-refractivity contribution in [1.29, 1.82) is 0 Å². The number of aliphatic hydroxyl groups excluding tert-OH is 1. The number of primary sulfonamides is 1. The van der Waals surface area contributed by atoms with Gasteiger partial charge < -0.3 is 35.2 Å². The normalized spacial score (nSPS) is 13.1.